The molecule has 4 rings (SSSR count). The molecule has 0 saturated carbocycles. The van der Waals surface area contributed by atoms with E-state index in [1.54, 1.807) is 35.0 Å². The van der Waals surface area contributed by atoms with Crippen LogP contribution in [0.4, 0.5) is 4.79 Å². The fraction of sp³-hybridized carbons (Fsp3) is 0.429. The summed E-state index contributed by atoms with van der Waals surface area (Å²) in [6.45, 7) is 9.27. The van der Waals surface area contributed by atoms with Crippen LogP contribution >= 0.6 is 22.7 Å². The third-order valence-electron chi connectivity index (χ3n) is 7.61. The lowest BCUT2D eigenvalue weighted by atomic mass is 10.0. The van der Waals surface area contributed by atoms with E-state index >= 15 is 0 Å². The number of rotatable bonds is 17. The molecular formula is C35H46N6O4S2. The predicted octanol–water partition coefficient (Wildman–Crippen LogP) is 5.61. The van der Waals surface area contributed by atoms with Gasteiger partial charge in [0.1, 0.15) is 12.6 Å². The van der Waals surface area contributed by atoms with E-state index in [1.807, 2.05) is 84.9 Å². The van der Waals surface area contributed by atoms with Crippen LogP contribution in [0.15, 0.2) is 77.8 Å². The molecular weight excluding hydrogens is 633 g/mol. The summed E-state index contributed by atoms with van der Waals surface area (Å²) in [5.41, 5.74) is 7.97. The van der Waals surface area contributed by atoms with E-state index in [9.17, 15) is 14.7 Å². The summed E-state index contributed by atoms with van der Waals surface area (Å²) in [6, 6.07) is 18.3. The van der Waals surface area contributed by atoms with E-state index in [1.165, 1.54) is 11.3 Å². The molecule has 0 aliphatic carbocycles. The van der Waals surface area contributed by atoms with E-state index in [0.717, 1.165) is 26.7 Å². The molecule has 0 aliphatic heterocycles. The molecule has 3 N–H and O–H groups in total. The SMILES string of the molecule is CC(C)c1nc(CN(C)C(=O)[C@@H](NN(Cc2ccccc2)C[C@H](O)[C@H](Cc2ccccc2)NC(=O)OCc2cncs2)C(C)C)cs1. The standard InChI is InChI=1S/C35H46N6O4S2/c1-24(2)32(34(43)40(5)19-28-22-46-33(37-28)25(3)4)39-41(18-27-14-10-7-11-15-27)20-31(42)30(16-26-12-8-6-9-13-26)38-35(44)45-21-29-17-36-23-47-29/h6-15,17,22-25,30-32,39,42H,16,18-21H2,1-5H3,(H,38,44)/t30-,31-,32-/m0/s1. The number of benzene rings is 2. The first-order chi connectivity index (χ1) is 22.6. The van der Waals surface area contributed by atoms with Crippen molar-refractivity contribution in [1.82, 2.24) is 30.6 Å². The van der Waals surface area contributed by atoms with Crippen molar-refractivity contribution in [3.8, 4) is 0 Å². The third kappa shape index (κ3) is 11.5. The minimum atomic E-state index is -1.01. The maximum atomic E-state index is 13.9. The lowest BCUT2D eigenvalue weighted by Gasteiger charge is -2.35. The number of hydrazine groups is 1. The highest BCUT2D eigenvalue weighted by atomic mass is 32.1. The normalized spacial score (nSPS) is 13.5. The molecule has 0 spiro atoms. The molecule has 47 heavy (non-hydrogen) atoms. The number of alkyl carbamates (subject to hydrolysis) is 1. The zero-order valence-corrected chi connectivity index (χ0v) is 29.3. The van der Waals surface area contributed by atoms with Crippen molar-refractivity contribution in [2.75, 3.05) is 13.6 Å². The number of carbonyl (C=O) groups is 2. The second kappa shape index (κ2) is 18.0. The maximum Gasteiger partial charge on any atom is 0.407 e. The topological polar surface area (TPSA) is 120 Å². The summed E-state index contributed by atoms with van der Waals surface area (Å²) in [4.78, 5) is 38.0. The summed E-state index contributed by atoms with van der Waals surface area (Å²) in [5, 5.41) is 19.5. The van der Waals surface area contributed by atoms with Crippen LogP contribution in [0.1, 0.15) is 60.3 Å². The van der Waals surface area contributed by atoms with Crippen LogP contribution in [0.2, 0.25) is 0 Å². The number of likely N-dealkylation sites (N-methyl/N-ethyl adjacent to an activating group) is 1. The molecule has 2 amide bonds. The monoisotopic (exact) mass is 678 g/mol. The van der Waals surface area contributed by atoms with E-state index in [2.05, 4.69) is 29.6 Å². The van der Waals surface area contributed by atoms with Crippen LogP contribution in [0, 0.1) is 5.92 Å². The second-order valence-electron chi connectivity index (χ2n) is 12.3. The van der Waals surface area contributed by atoms with Crippen LogP contribution in [0.25, 0.3) is 0 Å². The molecule has 0 saturated heterocycles. The Bertz CT molecular complexity index is 1500. The van der Waals surface area contributed by atoms with Crippen LogP contribution in [0.5, 0.6) is 0 Å². The molecule has 0 bridgehead atoms. The van der Waals surface area contributed by atoms with Crippen molar-refractivity contribution in [3.63, 3.8) is 0 Å². The van der Waals surface area contributed by atoms with Gasteiger partial charge in [0.2, 0.25) is 5.91 Å². The molecule has 0 unspecified atom stereocenters. The van der Waals surface area contributed by atoms with Gasteiger partial charge >= 0.3 is 6.09 Å². The molecule has 2 heterocycles. The highest BCUT2D eigenvalue weighted by Crippen LogP contribution is 2.20. The van der Waals surface area contributed by atoms with Gasteiger partial charge in [-0.3, -0.25) is 9.78 Å². The maximum absolute atomic E-state index is 13.9. The second-order valence-corrected chi connectivity index (χ2v) is 14.2. The van der Waals surface area contributed by atoms with Crippen LogP contribution in [-0.4, -0.2) is 68.8 Å². The molecule has 2 aromatic carbocycles. The van der Waals surface area contributed by atoms with E-state index in [4.69, 9.17) is 9.72 Å². The minimum Gasteiger partial charge on any atom is -0.444 e. The summed E-state index contributed by atoms with van der Waals surface area (Å²) >= 11 is 3.01. The van der Waals surface area contributed by atoms with Crippen LogP contribution < -0.4 is 10.7 Å². The third-order valence-corrected chi connectivity index (χ3v) is 9.56. The highest BCUT2D eigenvalue weighted by molar-refractivity contribution is 7.09. The fourth-order valence-corrected chi connectivity index (χ4v) is 6.35. The molecule has 0 radical (unpaired) electrons. The number of nitrogens with zero attached hydrogens (tertiary/aromatic N) is 4. The average Bonchev–Trinajstić information content (AvgIpc) is 3.75. The molecule has 0 aliphatic rings. The van der Waals surface area contributed by atoms with Gasteiger partial charge in [-0.15, -0.1) is 22.7 Å². The Morgan fingerprint density at radius 1 is 0.957 bits per heavy atom. The van der Waals surface area contributed by atoms with Gasteiger partial charge in [-0.1, -0.05) is 88.4 Å². The lowest BCUT2D eigenvalue weighted by molar-refractivity contribution is -0.136. The van der Waals surface area contributed by atoms with Gasteiger partial charge in [0.15, 0.2) is 0 Å². The first-order valence-electron chi connectivity index (χ1n) is 15.9. The van der Waals surface area contributed by atoms with Gasteiger partial charge in [-0.2, -0.15) is 0 Å². The molecule has 4 aromatic rings. The van der Waals surface area contributed by atoms with Crippen LogP contribution in [0.3, 0.4) is 0 Å². The number of aliphatic hydroxyl groups is 1. The number of hydrogen-bond acceptors (Lipinski definition) is 10. The number of thiazole rings is 2. The molecule has 2 aromatic heterocycles. The largest absolute Gasteiger partial charge is 0.444 e. The van der Waals surface area contributed by atoms with Gasteiger partial charge < -0.3 is 20.1 Å². The molecule has 10 nitrogen and oxygen atoms in total. The van der Waals surface area contributed by atoms with Crippen molar-refractivity contribution in [2.45, 2.75) is 77.9 Å². The molecule has 3 atom stereocenters. The van der Waals surface area contributed by atoms with Crippen molar-refractivity contribution in [2.24, 2.45) is 5.92 Å². The van der Waals surface area contributed by atoms with E-state index < -0.39 is 24.3 Å². The first-order valence-corrected chi connectivity index (χ1v) is 17.6. The zero-order chi connectivity index (χ0) is 33.8. The van der Waals surface area contributed by atoms with Gasteiger partial charge in [-0.25, -0.2) is 20.2 Å². The number of aromatic nitrogens is 2. The molecule has 252 valence electrons. The number of nitrogens with one attached hydrogen (secondary N) is 2. The van der Waals surface area contributed by atoms with Gasteiger partial charge in [0.05, 0.1) is 39.8 Å². The Morgan fingerprint density at radius 2 is 1.64 bits per heavy atom. The molecule has 12 heteroatoms. The first kappa shape index (κ1) is 36.2. The summed E-state index contributed by atoms with van der Waals surface area (Å²) < 4.78 is 5.45. The van der Waals surface area contributed by atoms with E-state index in [-0.39, 0.29) is 25.0 Å². The Hall–Kier alpha value is -3.68. The minimum absolute atomic E-state index is 0.0537. The number of hydrogen-bond donors (Lipinski definition) is 3. The number of amides is 2. The predicted molar refractivity (Wildman–Crippen MR) is 187 cm³/mol. The van der Waals surface area contributed by atoms with Crippen molar-refractivity contribution in [3.05, 3.63) is 104 Å². The number of aliphatic hydroxyl groups excluding tert-OH is 1. The van der Waals surface area contributed by atoms with Crippen molar-refractivity contribution < 1.29 is 19.4 Å². The quantitative estimate of drug-likeness (QED) is 0.123. The summed E-state index contributed by atoms with van der Waals surface area (Å²) in [5.74, 6) is 0.206. The average molecular weight is 679 g/mol. The summed E-state index contributed by atoms with van der Waals surface area (Å²) in [7, 11) is 1.79. The van der Waals surface area contributed by atoms with Gasteiger partial charge in [0.25, 0.3) is 0 Å². The fourth-order valence-electron chi connectivity index (χ4n) is 5.02. The lowest BCUT2D eigenvalue weighted by Crippen LogP contribution is -2.58. The Labute approximate surface area is 285 Å². The number of carbonyl (C=O) groups excluding carboxylic acids is 2. The smallest absolute Gasteiger partial charge is 0.407 e. The number of ether oxygens (including phenoxy) is 1. The zero-order valence-electron chi connectivity index (χ0n) is 27.7. The molecule has 0 fully saturated rings. The van der Waals surface area contributed by atoms with Crippen LogP contribution in [-0.2, 0) is 35.6 Å². The Balaban J connectivity index is 1.51. The Morgan fingerprint density at radius 3 is 2.23 bits per heavy atom. The highest BCUT2D eigenvalue weighted by Gasteiger charge is 2.31. The van der Waals surface area contributed by atoms with Crippen molar-refractivity contribution in [1.29, 1.82) is 0 Å². The summed E-state index contributed by atoms with van der Waals surface area (Å²) in [6.07, 6.45) is 0.413. The van der Waals surface area contributed by atoms with Crippen molar-refractivity contribution >= 4 is 34.7 Å². The van der Waals surface area contributed by atoms with E-state index in [0.29, 0.717) is 25.4 Å². The Kier molecular flexibility index (Phi) is 13.9. The van der Waals surface area contributed by atoms with Gasteiger partial charge in [-0.05, 0) is 23.5 Å². The van der Waals surface area contributed by atoms with Gasteiger partial charge in [0, 0.05) is 37.6 Å².